The van der Waals surface area contributed by atoms with Gasteiger partial charge in [0, 0.05) is 0 Å². The van der Waals surface area contributed by atoms with Crippen molar-refractivity contribution in [3.8, 4) is 0 Å². The van der Waals surface area contributed by atoms with Gasteiger partial charge in [-0.1, -0.05) is 35.9 Å². The molecule has 0 saturated heterocycles. The third kappa shape index (κ3) is 3.77. The van der Waals surface area contributed by atoms with Gasteiger partial charge in [0.2, 0.25) is 5.43 Å². The molecule has 2 amide bonds. The van der Waals surface area contributed by atoms with Gasteiger partial charge in [-0.3, -0.25) is 19.8 Å². The fourth-order valence-electron chi connectivity index (χ4n) is 2.68. The van der Waals surface area contributed by atoms with Crippen LogP contribution in [0, 0.1) is 0 Å². The highest BCUT2D eigenvalue weighted by molar-refractivity contribution is 6.33. The first kappa shape index (κ1) is 19.6. The standard InChI is InChI=1S/C21H19ClN2O4/c1-21(2,3)24(23-19(26)13-8-4-6-10-16(13)22)20(27)15-12-28-17-11-7-5-9-14(17)18(15)25/h4-12H,1-3H3,(H,23,26). The van der Waals surface area contributed by atoms with E-state index >= 15 is 0 Å². The van der Waals surface area contributed by atoms with Crippen LogP contribution >= 0.6 is 11.6 Å². The molecule has 2 aromatic carbocycles. The molecule has 0 aliphatic rings. The number of rotatable bonds is 2. The second kappa shape index (κ2) is 7.48. The van der Waals surface area contributed by atoms with Crippen molar-refractivity contribution in [2.24, 2.45) is 0 Å². The average Bonchev–Trinajstić information content (AvgIpc) is 2.65. The summed E-state index contributed by atoms with van der Waals surface area (Å²) in [4.78, 5) is 38.6. The molecule has 0 aliphatic carbocycles. The van der Waals surface area contributed by atoms with E-state index in [-0.39, 0.29) is 16.1 Å². The zero-order valence-corrected chi connectivity index (χ0v) is 16.4. The number of para-hydroxylation sites is 1. The van der Waals surface area contributed by atoms with E-state index in [0.29, 0.717) is 11.0 Å². The van der Waals surface area contributed by atoms with Crippen LogP contribution in [-0.4, -0.2) is 22.4 Å². The molecule has 0 atom stereocenters. The number of nitrogens with one attached hydrogen (secondary N) is 1. The van der Waals surface area contributed by atoms with Gasteiger partial charge in [-0.2, -0.15) is 0 Å². The maximum atomic E-state index is 13.1. The van der Waals surface area contributed by atoms with Crippen LogP contribution in [0.5, 0.6) is 0 Å². The van der Waals surface area contributed by atoms with Gasteiger partial charge in [-0.15, -0.1) is 0 Å². The molecule has 0 fully saturated rings. The highest BCUT2D eigenvalue weighted by Crippen LogP contribution is 2.19. The number of carbonyl (C=O) groups is 2. The second-order valence-corrected chi connectivity index (χ2v) is 7.61. The molecule has 1 aromatic heterocycles. The highest BCUT2D eigenvalue weighted by atomic mass is 35.5. The van der Waals surface area contributed by atoms with E-state index in [0.717, 1.165) is 11.3 Å². The molecule has 0 radical (unpaired) electrons. The molecular weight excluding hydrogens is 380 g/mol. The Morgan fingerprint density at radius 1 is 1.00 bits per heavy atom. The van der Waals surface area contributed by atoms with Crippen LogP contribution in [0.4, 0.5) is 0 Å². The minimum Gasteiger partial charge on any atom is -0.463 e. The second-order valence-electron chi connectivity index (χ2n) is 7.21. The van der Waals surface area contributed by atoms with Crippen molar-refractivity contribution in [3.63, 3.8) is 0 Å². The van der Waals surface area contributed by atoms with Gasteiger partial charge in [0.1, 0.15) is 17.4 Å². The van der Waals surface area contributed by atoms with E-state index in [1.807, 2.05) is 0 Å². The molecule has 144 valence electrons. The lowest BCUT2D eigenvalue weighted by Crippen LogP contribution is -2.56. The molecule has 1 heterocycles. The summed E-state index contributed by atoms with van der Waals surface area (Å²) < 4.78 is 5.43. The average molecular weight is 399 g/mol. The van der Waals surface area contributed by atoms with Gasteiger partial charge in [-0.25, -0.2) is 5.01 Å². The van der Waals surface area contributed by atoms with Crippen molar-refractivity contribution in [2.45, 2.75) is 26.3 Å². The van der Waals surface area contributed by atoms with Gasteiger partial charge in [0.15, 0.2) is 0 Å². The van der Waals surface area contributed by atoms with Crippen molar-refractivity contribution >= 4 is 34.4 Å². The lowest BCUT2D eigenvalue weighted by atomic mass is 10.1. The first-order valence-corrected chi connectivity index (χ1v) is 8.98. The summed E-state index contributed by atoms with van der Waals surface area (Å²) in [5, 5.41) is 1.66. The first-order chi connectivity index (χ1) is 13.2. The van der Waals surface area contributed by atoms with Gasteiger partial charge in [-0.05, 0) is 45.0 Å². The van der Waals surface area contributed by atoms with E-state index < -0.39 is 22.8 Å². The molecule has 0 unspecified atom stereocenters. The van der Waals surface area contributed by atoms with Crippen molar-refractivity contribution in [2.75, 3.05) is 0 Å². The number of nitrogens with zero attached hydrogens (tertiary/aromatic N) is 1. The first-order valence-electron chi connectivity index (χ1n) is 8.61. The molecule has 0 spiro atoms. The van der Waals surface area contributed by atoms with E-state index in [1.54, 1.807) is 69.3 Å². The van der Waals surface area contributed by atoms with E-state index in [9.17, 15) is 14.4 Å². The van der Waals surface area contributed by atoms with Crippen LogP contribution in [0.2, 0.25) is 5.02 Å². The Kier molecular flexibility index (Phi) is 5.25. The maximum absolute atomic E-state index is 13.1. The highest BCUT2D eigenvalue weighted by Gasteiger charge is 2.32. The van der Waals surface area contributed by atoms with E-state index in [2.05, 4.69) is 5.43 Å². The van der Waals surface area contributed by atoms with Crippen LogP contribution in [0.3, 0.4) is 0 Å². The molecular formula is C21H19ClN2O4. The molecule has 0 aliphatic heterocycles. The zero-order valence-electron chi connectivity index (χ0n) is 15.7. The van der Waals surface area contributed by atoms with Crippen LogP contribution in [0.25, 0.3) is 11.0 Å². The molecule has 3 rings (SSSR count). The summed E-state index contributed by atoms with van der Waals surface area (Å²) in [7, 11) is 0. The van der Waals surface area contributed by atoms with E-state index in [4.69, 9.17) is 16.0 Å². The molecule has 7 heteroatoms. The molecule has 0 saturated carbocycles. The summed E-state index contributed by atoms with van der Waals surface area (Å²) in [6.07, 6.45) is 1.12. The van der Waals surface area contributed by atoms with Crippen molar-refractivity contribution in [1.82, 2.24) is 10.4 Å². The predicted octanol–water partition coefficient (Wildman–Crippen LogP) is 4.03. The minimum absolute atomic E-state index is 0.173. The fourth-order valence-corrected chi connectivity index (χ4v) is 2.90. The number of carbonyl (C=O) groups excluding carboxylic acids is 2. The lowest BCUT2D eigenvalue weighted by molar-refractivity contribution is 0.0356. The number of hydrogen-bond acceptors (Lipinski definition) is 4. The Balaban J connectivity index is 2.00. The van der Waals surface area contributed by atoms with Crippen molar-refractivity contribution < 1.29 is 14.0 Å². The Bertz CT molecular complexity index is 1120. The smallest absolute Gasteiger partial charge is 0.279 e. The molecule has 3 aromatic rings. The lowest BCUT2D eigenvalue weighted by Gasteiger charge is -2.35. The summed E-state index contributed by atoms with van der Waals surface area (Å²) >= 11 is 6.07. The molecule has 1 N–H and O–H groups in total. The predicted molar refractivity (Wildman–Crippen MR) is 107 cm³/mol. The van der Waals surface area contributed by atoms with Crippen molar-refractivity contribution in [3.05, 3.63) is 81.2 Å². The Morgan fingerprint density at radius 3 is 2.32 bits per heavy atom. The SMILES string of the molecule is CC(C)(C)N(NC(=O)c1ccccc1Cl)C(=O)c1coc2ccccc2c1=O. The summed E-state index contributed by atoms with van der Waals surface area (Å²) in [6.45, 7) is 5.21. The van der Waals surface area contributed by atoms with Gasteiger partial charge < -0.3 is 4.42 Å². The molecule has 6 nitrogen and oxygen atoms in total. The minimum atomic E-state index is -0.813. The Morgan fingerprint density at radius 2 is 1.64 bits per heavy atom. The topological polar surface area (TPSA) is 79.6 Å². The van der Waals surface area contributed by atoms with Gasteiger partial charge in [0.05, 0.1) is 21.5 Å². The molecule has 28 heavy (non-hydrogen) atoms. The van der Waals surface area contributed by atoms with Crippen LogP contribution in [-0.2, 0) is 0 Å². The quantitative estimate of drug-likeness (QED) is 0.661. The van der Waals surface area contributed by atoms with E-state index in [1.165, 1.54) is 0 Å². The van der Waals surface area contributed by atoms with Crippen LogP contribution in [0.15, 0.2) is 64.0 Å². The number of hydrogen-bond donors (Lipinski definition) is 1. The number of benzene rings is 2. The largest absolute Gasteiger partial charge is 0.463 e. The summed E-state index contributed by atoms with van der Waals surface area (Å²) in [5.41, 5.74) is 1.72. The Labute approximate surface area is 166 Å². The fraction of sp³-hybridized carbons (Fsp3) is 0.190. The van der Waals surface area contributed by atoms with Crippen LogP contribution < -0.4 is 10.9 Å². The maximum Gasteiger partial charge on any atom is 0.279 e. The van der Waals surface area contributed by atoms with Gasteiger partial charge >= 0.3 is 0 Å². The van der Waals surface area contributed by atoms with Gasteiger partial charge in [0.25, 0.3) is 11.8 Å². The van der Waals surface area contributed by atoms with Crippen LogP contribution in [0.1, 0.15) is 41.5 Å². The number of halogens is 1. The normalized spacial score (nSPS) is 11.3. The Hall–Kier alpha value is -3.12. The number of fused-ring (bicyclic) bond motifs is 1. The summed E-state index contributed by atoms with van der Waals surface area (Å²) in [5.74, 6) is -1.23. The van der Waals surface area contributed by atoms with Crippen molar-refractivity contribution in [1.29, 1.82) is 0 Å². The third-order valence-electron chi connectivity index (χ3n) is 4.12. The number of hydrazine groups is 1. The number of amides is 2. The zero-order chi connectivity index (χ0) is 20.5. The third-order valence-corrected chi connectivity index (χ3v) is 4.45. The monoisotopic (exact) mass is 398 g/mol. The summed E-state index contributed by atoms with van der Waals surface area (Å²) in [6, 6.07) is 13.2. The molecule has 0 bridgehead atoms.